The minimum Gasteiger partial charge on any atom is -0.365 e. The summed E-state index contributed by atoms with van der Waals surface area (Å²) in [5.41, 5.74) is 1.75. The molecule has 0 aliphatic carbocycles. The predicted molar refractivity (Wildman–Crippen MR) is 66.1 cm³/mol. The van der Waals surface area contributed by atoms with Gasteiger partial charge in [0.1, 0.15) is 0 Å². The Morgan fingerprint density at radius 3 is 2.88 bits per heavy atom. The van der Waals surface area contributed by atoms with Gasteiger partial charge >= 0.3 is 0 Å². The van der Waals surface area contributed by atoms with Gasteiger partial charge in [-0.15, -0.1) is 12.4 Å². The van der Waals surface area contributed by atoms with Crippen LogP contribution in [-0.4, -0.2) is 42.0 Å². The van der Waals surface area contributed by atoms with Crippen LogP contribution in [0.2, 0.25) is 0 Å². The van der Waals surface area contributed by atoms with E-state index in [9.17, 15) is 4.79 Å². The van der Waals surface area contributed by atoms with Crippen LogP contribution in [-0.2, 0) is 0 Å². The zero-order valence-corrected chi connectivity index (χ0v) is 10.4. The molecule has 0 bridgehead atoms. The molecule has 2 rings (SSSR count). The van der Waals surface area contributed by atoms with E-state index in [4.69, 9.17) is 0 Å². The zero-order chi connectivity index (χ0) is 10.8. The molecule has 16 heavy (non-hydrogen) atoms. The van der Waals surface area contributed by atoms with Crippen molar-refractivity contribution >= 4 is 18.3 Å². The summed E-state index contributed by atoms with van der Waals surface area (Å²) in [4.78, 5) is 17.0. The summed E-state index contributed by atoms with van der Waals surface area (Å²) in [6, 6.07) is 2.30. The summed E-state index contributed by atoms with van der Waals surface area (Å²) in [6.45, 7) is 3.60. The lowest BCUT2D eigenvalue weighted by atomic mass is 10.2. The van der Waals surface area contributed by atoms with Crippen LogP contribution in [0.4, 0.5) is 0 Å². The Morgan fingerprint density at radius 2 is 2.38 bits per heavy atom. The quantitative estimate of drug-likeness (QED) is 0.820. The van der Waals surface area contributed by atoms with Crippen LogP contribution in [0.3, 0.4) is 0 Å². The van der Waals surface area contributed by atoms with E-state index in [0.29, 0.717) is 6.04 Å². The first-order chi connectivity index (χ1) is 7.22. The van der Waals surface area contributed by atoms with Gasteiger partial charge in [0.2, 0.25) is 0 Å². The maximum atomic E-state index is 12.1. The molecule has 2 heterocycles. The molecule has 90 valence electrons. The summed E-state index contributed by atoms with van der Waals surface area (Å²) in [5, 5.41) is 3.21. The molecule has 1 aliphatic heterocycles. The third-order valence-electron chi connectivity index (χ3n) is 3.07. The van der Waals surface area contributed by atoms with E-state index >= 15 is 0 Å². The molecular weight excluding hydrogens is 226 g/mol. The number of H-pyrrole nitrogens is 1. The van der Waals surface area contributed by atoms with Crippen molar-refractivity contribution in [3.05, 3.63) is 23.5 Å². The third-order valence-corrected chi connectivity index (χ3v) is 3.07. The predicted octanol–water partition coefficient (Wildman–Crippen LogP) is 1.18. The van der Waals surface area contributed by atoms with Crippen LogP contribution in [0.15, 0.2) is 12.3 Å². The van der Waals surface area contributed by atoms with Crippen LogP contribution in [0, 0.1) is 6.92 Å². The molecular formula is C11H18ClN3O. The highest BCUT2D eigenvalue weighted by atomic mass is 35.5. The molecule has 0 radical (unpaired) electrons. The molecule has 1 aromatic heterocycles. The molecule has 1 aromatic rings. The number of rotatable bonds is 2. The highest BCUT2D eigenvalue weighted by Crippen LogP contribution is 2.15. The van der Waals surface area contributed by atoms with Gasteiger partial charge in [-0.05, 0) is 26.5 Å². The lowest BCUT2D eigenvalue weighted by molar-refractivity contribution is 0.0789. The fourth-order valence-corrected chi connectivity index (χ4v) is 2.04. The average molecular weight is 244 g/mol. The maximum Gasteiger partial charge on any atom is 0.255 e. The van der Waals surface area contributed by atoms with Gasteiger partial charge in [-0.2, -0.15) is 0 Å². The Bertz CT molecular complexity index is 364. The van der Waals surface area contributed by atoms with E-state index in [-0.39, 0.29) is 18.3 Å². The van der Waals surface area contributed by atoms with Gasteiger partial charge in [0.25, 0.3) is 5.91 Å². The number of carbonyl (C=O) groups excluding carboxylic acids is 1. The molecule has 1 aliphatic rings. The lowest BCUT2D eigenvalue weighted by Crippen LogP contribution is -2.33. The molecule has 0 spiro atoms. The Balaban J connectivity index is 0.00000128. The summed E-state index contributed by atoms with van der Waals surface area (Å²) < 4.78 is 0. The number of likely N-dealkylation sites (tertiary alicyclic amines) is 1. The average Bonchev–Trinajstić information content (AvgIpc) is 2.84. The molecule has 5 heteroatoms. The number of aryl methyl sites for hydroxylation is 1. The largest absolute Gasteiger partial charge is 0.365 e. The summed E-state index contributed by atoms with van der Waals surface area (Å²) >= 11 is 0. The molecule has 1 amide bonds. The van der Waals surface area contributed by atoms with Gasteiger partial charge in [0.15, 0.2) is 0 Å². The first-order valence-corrected chi connectivity index (χ1v) is 5.33. The van der Waals surface area contributed by atoms with Crippen LogP contribution in [0.1, 0.15) is 22.5 Å². The molecule has 4 nitrogen and oxygen atoms in total. The number of aromatic nitrogens is 1. The Morgan fingerprint density at radius 1 is 1.62 bits per heavy atom. The van der Waals surface area contributed by atoms with Gasteiger partial charge < -0.3 is 15.2 Å². The third kappa shape index (κ3) is 2.39. The second kappa shape index (κ2) is 5.37. The number of aromatic amines is 1. The van der Waals surface area contributed by atoms with Crippen molar-refractivity contribution in [1.82, 2.24) is 15.2 Å². The number of hydrogen-bond donors (Lipinski definition) is 2. The zero-order valence-electron chi connectivity index (χ0n) is 9.62. The van der Waals surface area contributed by atoms with E-state index in [2.05, 4.69) is 10.3 Å². The number of amides is 1. The standard InChI is InChI=1S/C11H17N3O.ClH/c1-8-10(3-5-13-8)11(15)14-6-4-9(7-14)12-2;/h3,5,9,12-13H,4,6-7H2,1-2H3;1H. The highest BCUT2D eigenvalue weighted by Gasteiger charge is 2.26. The molecule has 0 saturated carbocycles. The second-order valence-corrected chi connectivity index (χ2v) is 4.04. The van der Waals surface area contributed by atoms with Crippen molar-refractivity contribution in [2.24, 2.45) is 0 Å². The van der Waals surface area contributed by atoms with Crippen LogP contribution in [0.5, 0.6) is 0 Å². The summed E-state index contributed by atoms with van der Waals surface area (Å²) in [7, 11) is 1.94. The topological polar surface area (TPSA) is 48.1 Å². The van der Waals surface area contributed by atoms with Crippen LogP contribution in [0.25, 0.3) is 0 Å². The van der Waals surface area contributed by atoms with E-state index in [1.807, 2.05) is 31.1 Å². The molecule has 0 aromatic carbocycles. The van der Waals surface area contributed by atoms with Crippen molar-refractivity contribution in [3.63, 3.8) is 0 Å². The van der Waals surface area contributed by atoms with Gasteiger partial charge in [-0.1, -0.05) is 0 Å². The number of nitrogens with zero attached hydrogens (tertiary/aromatic N) is 1. The van der Waals surface area contributed by atoms with Gasteiger partial charge in [-0.3, -0.25) is 4.79 Å². The van der Waals surface area contributed by atoms with E-state index in [1.165, 1.54) is 0 Å². The van der Waals surface area contributed by atoms with E-state index in [1.54, 1.807) is 0 Å². The Kier molecular flexibility index (Phi) is 4.38. The minimum atomic E-state index is 0. The van der Waals surface area contributed by atoms with E-state index in [0.717, 1.165) is 30.8 Å². The Hall–Kier alpha value is -1.00. The number of likely N-dealkylation sites (N-methyl/N-ethyl adjacent to an activating group) is 1. The molecule has 2 N–H and O–H groups in total. The van der Waals surface area contributed by atoms with Crippen molar-refractivity contribution < 1.29 is 4.79 Å². The van der Waals surface area contributed by atoms with Gasteiger partial charge in [0, 0.05) is 31.0 Å². The fourth-order valence-electron chi connectivity index (χ4n) is 2.04. The lowest BCUT2D eigenvalue weighted by Gasteiger charge is -2.16. The van der Waals surface area contributed by atoms with Crippen molar-refractivity contribution in [2.45, 2.75) is 19.4 Å². The highest BCUT2D eigenvalue weighted by molar-refractivity contribution is 5.95. The smallest absolute Gasteiger partial charge is 0.255 e. The Labute approximate surface area is 102 Å². The van der Waals surface area contributed by atoms with E-state index < -0.39 is 0 Å². The van der Waals surface area contributed by atoms with Crippen molar-refractivity contribution in [3.8, 4) is 0 Å². The van der Waals surface area contributed by atoms with Crippen molar-refractivity contribution in [2.75, 3.05) is 20.1 Å². The monoisotopic (exact) mass is 243 g/mol. The normalized spacial score (nSPS) is 19.6. The molecule has 1 saturated heterocycles. The SMILES string of the molecule is CNC1CCN(C(=O)c2cc[nH]c2C)C1.Cl. The number of carbonyl (C=O) groups is 1. The maximum absolute atomic E-state index is 12.1. The summed E-state index contributed by atoms with van der Waals surface area (Å²) in [6.07, 6.45) is 2.86. The second-order valence-electron chi connectivity index (χ2n) is 4.04. The first-order valence-electron chi connectivity index (χ1n) is 5.33. The minimum absolute atomic E-state index is 0. The van der Waals surface area contributed by atoms with Crippen LogP contribution >= 0.6 is 12.4 Å². The number of nitrogens with one attached hydrogen (secondary N) is 2. The van der Waals surface area contributed by atoms with Gasteiger partial charge in [-0.25, -0.2) is 0 Å². The molecule has 1 unspecified atom stereocenters. The fraction of sp³-hybridized carbons (Fsp3) is 0.545. The molecule has 1 fully saturated rings. The number of halogens is 1. The summed E-state index contributed by atoms with van der Waals surface area (Å²) in [5.74, 6) is 0.145. The van der Waals surface area contributed by atoms with Gasteiger partial charge in [0.05, 0.1) is 5.56 Å². The first kappa shape index (κ1) is 13.1. The number of hydrogen-bond acceptors (Lipinski definition) is 2. The van der Waals surface area contributed by atoms with Crippen LogP contribution < -0.4 is 5.32 Å². The molecule has 1 atom stereocenters. The van der Waals surface area contributed by atoms with Crippen molar-refractivity contribution in [1.29, 1.82) is 0 Å².